The molecular weight excluding hydrogens is 365 g/mol. The van der Waals surface area contributed by atoms with Crippen LogP contribution in [0.3, 0.4) is 0 Å². The molecule has 2 nitrogen and oxygen atoms in total. The summed E-state index contributed by atoms with van der Waals surface area (Å²) in [6.07, 6.45) is -3.44. The fourth-order valence-corrected chi connectivity index (χ4v) is 3.19. The van der Waals surface area contributed by atoms with Crippen molar-refractivity contribution in [3.05, 3.63) is 107 Å². The molecule has 0 saturated carbocycles. The zero-order valence-electron chi connectivity index (χ0n) is 14.6. The van der Waals surface area contributed by atoms with Gasteiger partial charge in [-0.15, -0.1) is 0 Å². The third kappa shape index (κ3) is 3.43. The zero-order chi connectivity index (χ0) is 19.7. The van der Waals surface area contributed by atoms with Gasteiger partial charge < -0.3 is 4.74 Å². The third-order valence-electron chi connectivity index (χ3n) is 4.58. The summed E-state index contributed by atoms with van der Waals surface area (Å²) in [5.41, 5.74) is 1.38. The van der Waals surface area contributed by atoms with Crippen LogP contribution in [-0.4, -0.2) is 5.78 Å². The predicted octanol–water partition coefficient (Wildman–Crippen LogP) is 6.11. The third-order valence-corrected chi connectivity index (χ3v) is 4.58. The summed E-state index contributed by atoms with van der Waals surface area (Å²) in [4.78, 5) is 13.1. The lowest BCUT2D eigenvalue weighted by Crippen LogP contribution is -2.23. The first-order valence-corrected chi connectivity index (χ1v) is 8.67. The number of halogens is 3. The van der Waals surface area contributed by atoms with E-state index in [9.17, 15) is 18.0 Å². The van der Waals surface area contributed by atoms with Gasteiger partial charge >= 0.3 is 6.18 Å². The van der Waals surface area contributed by atoms with Crippen LogP contribution in [0.5, 0.6) is 5.75 Å². The lowest BCUT2D eigenvalue weighted by molar-refractivity contribution is -0.137. The molecule has 1 heterocycles. The van der Waals surface area contributed by atoms with E-state index in [4.69, 9.17) is 4.74 Å². The maximum absolute atomic E-state index is 13.1. The van der Waals surface area contributed by atoms with E-state index in [1.54, 1.807) is 30.3 Å². The van der Waals surface area contributed by atoms with Crippen molar-refractivity contribution in [1.29, 1.82) is 0 Å². The Bertz CT molecular complexity index is 1040. The smallest absolute Gasteiger partial charge is 0.416 e. The van der Waals surface area contributed by atoms with Crippen LogP contribution >= 0.6 is 0 Å². The minimum absolute atomic E-state index is 0.199. The quantitative estimate of drug-likeness (QED) is 0.502. The summed E-state index contributed by atoms with van der Waals surface area (Å²) in [5.74, 6) is 0.293. The van der Waals surface area contributed by atoms with E-state index < -0.39 is 17.8 Å². The molecule has 0 bridgehead atoms. The standard InChI is InChI=1S/C23H15F3O2/c24-23(25,26)17-12-10-15(11-13-17)14-19-21(27)18-8-4-5-9-20(18)28-22(19)16-6-2-1-3-7-16/h1-14,22H. The van der Waals surface area contributed by atoms with Crippen molar-refractivity contribution in [1.82, 2.24) is 0 Å². The van der Waals surface area contributed by atoms with Crippen molar-refractivity contribution in [2.75, 3.05) is 0 Å². The topological polar surface area (TPSA) is 26.3 Å². The Morgan fingerprint density at radius 1 is 0.821 bits per heavy atom. The molecule has 0 fully saturated rings. The van der Waals surface area contributed by atoms with Crippen LogP contribution < -0.4 is 4.74 Å². The summed E-state index contributed by atoms with van der Waals surface area (Å²) in [5, 5.41) is 0. The van der Waals surface area contributed by atoms with Crippen LogP contribution in [0.25, 0.3) is 6.08 Å². The minimum Gasteiger partial charge on any atom is -0.480 e. The van der Waals surface area contributed by atoms with Gasteiger partial charge in [0.05, 0.1) is 11.1 Å². The van der Waals surface area contributed by atoms with E-state index in [0.29, 0.717) is 22.4 Å². The second-order valence-corrected chi connectivity index (χ2v) is 6.45. The molecule has 4 rings (SSSR count). The molecule has 0 spiro atoms. The summed E-state index contributed by atoms with van der Waals surface area (Å²) in [7, 11) is 0. The first kappa shape index (κ1) is 18.0. The SMILES string of the molecule is O=C1C(=Cc2ccc(C(F)(F)F)cc2)C(c2ccccc2)Oc2ccccc21. The molecule has 140 valence electrons. The molecule has 0 saturated heterocycles. The number of para-hydroxylation sites is 1. The molecule has 3 aromatic rings. The molecule has 0 aromatic heterocycles. The number of ketones is 1. The largest absolute Gasteiger partial charge is 0.480 e. The van der Waals surface area contributed by atoms with Gasteiger partial charge in [-0.1, -0.05) is 54.6 Å². The Morgan fingerprint density at radius 3 is 2.14 bits per heavy atom. The van der Waals surface area contributed by atoms with Crippen molar-refractivity contribution in [2.45, 2.75) is 12.3 Å². The van der Waals surface area contributed by atoms with Crippen LogP contribution in [0.15, 0.2) is 84.4 Å². The van der Waals surface area contributed by atoms with E-state index in [-0.39, 0.29) is 5.78 Å². The predicted molar refractivity (Wildman–Crippen MR) is 100 cm³/mol. The van der Waals surface area contributed by atoms with Crippen molar-refractivity contribution in [3.8, 4) is 5.75 Å². The average molecular weight is 380 g/mol. The van der Waals surface area contributed by atoms with Crippen LogP contribution in [0.2, 0.25) is 0 Å². The molecule has 1 aliphatic heterocycles. The molecule has 0 amide bonds. The van der Waals surface area contributed by atoms with Crippen LogP contribution in [0.1, 0.15) is 33.2 Å². The van der Waals surface area contributed by atoms with Gasteiger partial charge in [-0.25, -0.2) is 0 Å². The molecule has 1 atom stereocenters. The van der Waals surface area contributed by atoms with E-state index in [0.717, 1.165) is 17.7 Å². The van der Waals surface area contributed by atoms with Gasteiger partial charge in [-0.2, -0.15) is 13.2 Å². The molecule has 1 unspecified atom stereocenters. The van der Waals surface area contributed by atoms with Gasteiger partial charge in [-0.3, -0.25) is 4.79 Å². The summed E-state index contributed by atoms with van der Waals surface area (Å²) >= 11 is 0. The first-order chi connectivity index (χ1) is 13.4. The number of benzene rings is 3. The molecule has 0 radical (unpaired) electrons. The van der Waals surface area contributed by atoms with Crippen LogP contribution in [-0.2, 0) is 6.18 Å². The van der Waals surface area contributed by atoms with Crippen LogP contribution in [0, 0.1) is 0 Å². The Morgan fingerprint density at radius 2 is 1.46 bits per heavy atom. The van der Waals surface area contributed by atoms with E-state index in [1.165, 1.54) is 12.1 Å². The molecule has 0 aliphatic carbocycles. The number of rotatable bonds is 2. The van der Waals surface area contributed by atoms with Crippen molar-refractivity contribution < 1.29 is 22.7 Å². The number of carbonyl (C=O) groups is 1. The van der Waals surface area contributed by atoms with Gasteiger partial charge in [0.2, 0.25) is 0 Å². The second-order valence-electron chi connectivity index (χ2n) is 6.45. The lowest BCUT2D eigenvalue weighted by Gasteiger charge is -2.28. The van der Waals surface area contributed by atoms with Gasteiger partial charge in [0, 0.05) is 5.57 Å². The number of ether oxygens (including phenoxy) is 1. The average Bonchev–Trinajstić information content (AvgIpc) is 2.70. The highest BCUT2D eigenvalue weighted by Crippen LogP contribution is 2.39. The van der Waals surface area contributed by atoms with E-state index in [2.05, 4.69) is 0 Å². The maximum Gasteiger partial charge on any atom is 0.416 e. The maximum atomic E-state index is 13.1. The normalized spacial score (nSPS) is 17.9. The minimum atomic E-state index is -4.40. The fourth-order valence-electron chi connectivity index (χ4n) is 3.19. The summed E-state index contributed by atoms with van der Waals surface area (Å²) in [6.45, 7) is 0. The van der Waals surface area contributed by atoms with Gasteiger partial charge in [0.25, 0.3) is 0 Å². The van der Waals surface area contributed by atoms with Crippen LogP contribution in [0.4, 0.5) is 13.2 Å². The summed E-state index contributed by atoms with van der Waals surface area (Å²) in [6, 6.07) is 20.9. The van der Waals surface area contributed by atoms with E-state index in [1.807, 2.05) is 30.3 Å². The first-order valence-electron chi connectivity index (χ1n) is 8.67. The fraction of sp³-hybridized carbons (Fsp3) is 0.0870. The summed E-state index contributed by atoms with van der Waals surface area (Å²) < 4.78 is 44.5. The molecule has 28 heavy (non-hydrogen) atoms. The zero-order valence-corrected chi connectivity index (χ0v) is 14.6. The highest BCUT2D eigenvalue weighted by atomic mass is 19.4. The molecular formula is C23H15F3O2. The van der Waals surface area contributed by atoms with E-state index >= 15 is 0 Å². The van der Waals surface area contributed by atoms with Gasteiger partial charge in [0.15, 0.2) is 11.9 Å². The van der Waals surface area contributed by atoms with Crippen molar-refractivity contribution in [3.63, 3.8) is 0 Å². The molecule has 5 heteroatoms. The Labute approximate surface area is 159 Å². The van der Waals surface area contributed by atoms with Crippen molar-refractivity contribution >= 4 is 11.9 Å². The Balaban J connectivity index is 1.79. The van der Waals surface area contributed by atoms with Gasteiger partial charge in [0.1, 0.15) is 5.75 Å². The highest BCUT2D eigenvalue weighted by molar-refractivity contribution is 6.14. The number of Topliss-reactive ketones (excluding diaryl/α,β-unsaturated/α-hetero) is 1. The second kappa shape index (κ2) is 7.00. The van der Waals surface area contributed by atoms with Crippen molar-refractivity contribution in [2.24, 2.45) is 0 Å². The van der Waals surface area contributed by atoms with Gasteiger partial charge in [-0.05, 0) is 41.5 Å². The number of alkyl halides is 3. The Kier molecular flexibility index (Phi) is 4.51. The monoisotopic (exact) mass is 380 g/mol. The molecule has 1 aliphatic rings. The lowest BCUT2D eigenvalue weighted by atomic mass is 9.89. The number of fused-ring (bicyclic) bond motifs is 1. The number of hydrogen-bond donors (Lipinski definition) is 0. The Hall–Kier alpha value is -3.34. The highest BCUT2D eigenvalue weighted by Gasteiger charge is 2.33. The molecule has 3 aromatic carbocycles. The number of carbonyl (C=O) groups excluding carboxylic acids is 1. The molecule has 0 N–H and O–H groups in total. The number of hydrogen-bond acceptors (Lipinski definition) is 2.